The summed E-state index contributed by atoms with van der Waals surface area (Å²) in [6.07, 6.45) is 0.131. The minimum Gasteiger partial charge on any atom is -0.463 e. The molecule has 11 nitrogen and oxygen atoms in total. The number of carbonyl (C=O) groups excluding carboxylic acids is 4. The number of nitrogens with zero attached hydrogens (tertiary/aromatic N) is 2. The molecule has 3 N–H and O–H groups in total. The molecule has 2 aromatic heterocycles. The Hall–Kier alpha value is -3.03. The number of esters is 1. The average Bonchev–Trinajstić information content (AvgIpc) is 3.45. The minimum atomic E-state index is -0.923. The van der Waals surface area contributed by atoms with Crippen LogP contribution in [0.3, 0.4) is 0 Å². The number of thiophene rings is 1. The van der Waals surface area contributed by atoms with E-state index in [1.54, 1.807) is 0 Å². The van der Waals surface area contributed by atoms with Gasteiger partial charge in [-0.15, -0.1) is 34.3 Å². The average molecular weight is 500 g/mol. The van der Waals surface area contributed by atoms with E-state index >= 15 is 0 Å². The molecule has 3 rings (SSSR count). The van der Waals surface area contributed by atoms with E-state index in [0.29, 0.717) is 0 Å². The van der Waals surface area contributed by atoms with Gasteiger partial charge in [-0.25, -0.2) is 4.98 Å². The minimum absolute atomic E-state index is 0.0943. The predicted molar refractivity (Wildman–Crippen MR) is 118 cm³/mol. The maximum Gasteiger partial charge on any atom is 0.311 e. The van der Waals surface area contributed by atoms with E-state index < -0.39 is 35.8 Å². The van der Waals surface area contributed by atoms with Crippen LogP contribution in [-0.2, 0) is 35.2 Å². The first-order valence-electron chi connectivity index (χ1n) is 9.13. The van der Waals surface area contributed by atoms with Crippen molar-refractivity contribution in [3.05, 3.63) is 33.5 Å². The summed E-state index contributed by atoms with van der Waals surface area (Å²) in [5.74, 6) is -2.28. The molecule has 3 heterocycles. The number of carbonyl (C=O) groups is 4. The van der Waals surface area contributed by atoms with E-state index in [1.807, 2.05) is 17.5 Å². The summed E-state index contributed by atoms with van der Waals surface area (Å²) < 4.78 is 5.21. The first kappa shape index (κ1) is 23.6. The topological polar surface area (TPSA) is 148 Å². The number of hydrogen-bond acceptors (Lipinski definition) is 10. The Morgan fingerprint density at radius 1 is 1.34 bits per heavy atom. The van der Waals surface area contributed by atoms with Crippen molar-refractivity contribution in [2.24, 2.45) is 5.16 Å². The van der Waals surface area contributed by atoms with E-state index in [0.717, 1.165) is 16.2 Å². The maximum atomic E-state index is 12.7. The Labute approximate surface area is 195 Å². The number of ether oxygens (including phenoxy) is 1. The molecule has 3 amide bonds. The zero-order valence-corrected chi connectivity index (χ0v) is 19.0. The molecule has 1 saturated heterocycles. The summed E-state index contributed by atoms with van der Waals surface area (Å²) in [6.45, 7) is -0.0943. The van der Waals surface area contributed by atoms with Crippen LogP contribution >= 0.6 is 34.3 Å². The van der Waals surface area contributed by atoms with Gasteiger partial charge in [0.2, 0.25) is 11.8 Å². The molecule has 0 saturated carbocycles. The fraction of sp³-hybridized carbons (Fsp3) is 0.333. The zero-order valence-electron chi connectivity index (χ0n) is 16.6. The molecule has 14 heteroatoms. The number of alkyl halides is 1. The fourth-order valence-corrected chi connectivity index (χ4v) is 4.10. The third-order valence-electron chi connectivity index (χ3n) is 4.13. The van der Waals surface area contributed by atoms with Crippen LogP contribution in [0.15, 0.2) is 28.0 Å². The summed E-state index contributed by atoms with van der Waals surface area (Å²) in [4.78, 5) is 57.7. The van der Waals surface area contributed by atoms with Crippen molar-refractivity contribution >= 4 is 68.8 Å². The van der Waals surface area contributed by atoms with Crippen LogP contribution in [0.4, 0.5) is 5.13 Å². The monoisotopic (exact) mass is 499 g/mol. The summed E-state index contributed by atoms with van der Waals surface area (Å²) in [5.41, 5.74) is -0.0545. The highest BCUT2D eigenvalue weighted by atomic mass is 35.5. The molecule has 170 valence electrons. The fourth-order valence-electron chi connectivity index (χ4n) is 2.63. The Morgan fingerprint density at radius 3 is 2.81 bits per heavy atom. The molecule has 32 heavy (non-hydrogen) atoms. The highest BCUT2D eigenvalue weighted by Crippen LogP contribution is 2.17. The van der Waals surface area contributed by atoms with Gasteiger partial charge in [-0.3, -0.25) is 19.2 Å². The molecule has 1 aliphatic rings. The molecule has 0 aliphatic carbocycles. The second-order valence-electron chi connectivity index (χ2n) is 6.35. The van der Waals surface area contributed by atoms with Crippen LogP contribution in [0, 0.1) is 0 Å². The van der Waals surface area contributed by atoms with Crippen molar-refractivity contribution in [1.29, 1.82) is 0 Å². The summed E-state index contributed by atoms with van der Waals surface area (Å²) >= 11 is 7.95. The van der Waals surface area contributed by atoms with Gasteiger partial charge >= 0.3 is 5.97 Å². The van der Waals surface area contributed by atoms with E-state index in [4.69, 9.17) is 21.2 Å². The van der Waals surface area contributed by atoms with Crippen LogP contribution in [0.5, 0.6) is 0 Å². The standard InChI is InChI=1S/C18H18ClN5O6S2/c1-29-24-15(11-8-32-18(21-11)22-12(25)6-19)17(28)23-14-10(20-16(14)27)7-30-13(26)5-9-3-2-4-31-9/h2-4,8,10,14H,5-7H2,1H3,(H,20,27)(H,23,28)(H,21,22,25)/t10-,14+/m1/s1. The Bertz CT molecular complexity index is 1020. The third kappa shape index (κ3) is 6.02. The zero-order chi connectivity index (χ0) is 23.1. The maximum absolute atomic E-state index is 12.7. The number of anilines is 1. The van der Waals surface area contributed by atoms with Crippen molar-refractivity contribution in [3.8, 4) is 0 Å². The molecule has 1 fully saturated rings. The van der Waals surface area contributed by atoms with Crippen LogP contribution in [-0.4, -0.2) is 66.1 Å². The SMILES string of the molecule is CON=C(C(=O)N[C@@H]1C(=O)N[C@@H]1COC(=O)Cc1cccs1)c1csc(NC(=O)CCl)n1. The van der Waals surface area contributed by atoms with Gasteiger partial charge in [0.1, 0.15) is 31.3 Å². The number of amides is 3. The molecule has 0 radical (unpaired) electrons. The van der Waals surface area contributed by atoms with Gasteiger partial charge in [0.25, 0.3) is 5.91 Å². The van der Waals surface area contributed by atoms with Gasteiger partial charge in [0, 0.05) is 10.3 Å². The number of β-lactam (4-membered cyclic amide) rings is 1. The van der Waals surface area contributed by atoms with Crippen molar-refractivity contribution in [2.45, 2.75) is 18.5 Å². The van der Waals surface area contributed by atoms with Gasteiger partial charge in [0.15, 0.2) is 10.8 Å². The lowest BCUT2D eigenvalue weighted by Crippen LogP contribution is -2.71. The summed E-state index contributed by atoms with van der Waals surface area (Å²) in [5, 5.41) is 14.8. The number of oxime groups is 1. The van der Waals surface area contributed by atoms with E-state index in [1.165, 1.54) is 23.8 Å². The normalized spacial score (nSPS) is 17.7. The lowest BCUT2D eigenvalue weighted by molar-refractivity contribution is -0.148. The number of aromatic nitrogens is 1. The second kappa shape index (κ2) is 11.0. The number of rotatable bonds is 10. The summed E-state index contributed by atoms with van der Waals surface area (Å²) in [6, 6.07) is 2.15. The van der Waals surface area contributed by atoms with Crippen LogP contribution in [0.25, 0.3) is 0 Å². The van der Waals surface area contributed by atoms with Crippen LogP contribution < -0.4 is 16.0 Å². The molecule has 0 bridgehead atoms. The van der Waals surface area contributed by atoms with Gasteiger partial charge < -0.3 is 25.5 Å². The van der Waals surface area contributed by atoms with Crippen LogP contribution in [0.1, 0.15) is 10.6 Å². The predicted octanol–water partition coefficient (Wildman–Crippen LogP) is 0.502. The lowest BCUT2D eigenvalue weighted by Gasteiger charge is -2.36. The Balaban J connectivity index is 1.58. The van der Waals surface area contributed by atoms with Gasteiger partial charge in [-0.2, -0.15) is 0 Å². The third-order valence-corrected chi connectivity index (χ3v) is 6.01. The number of halogens is 1. The largest absolute Gasteiger partial charge is 0.463 e. The first-order chi connectivity index (χ1) is 15.4. The van der Waals surface area contributed by atoms with E-state index in [2.05, 4.69) is 26.1 Å². The van der Waals surface area contributed by atoms with Crippen molar-refractivity contribution in [2.75, 3.05) is 24.9 Å². The molecule has 2 aromatic rings. The van der Waals surface area contributed by atoms with Crippen molar-refractivity contribution < 1.29 is 28.8 Å². The smallest absolute Gasteiger partial charge is 0.311 e. The highest BCUT2D eigenvalue weighted by Gasteiger charge is 2.42. The number of thiazole rings is 1. The highest BCUT2D eigenvalue weighted by molar-refractivity contribution is 7.14. The molecular weight excluding hydrogens is 482 g/mol. The van der Waals surface area contributed by atoms with Crippen molar-refractivity contribution in [1.82, 2.24) is 15.6 Å². The number of hydrogen-bond donors (Lipinski definition) is 3. The summed E-state index contributed by atoms with van der Waals surface area (Å²) in [7, 11) is 1.25. The molecule has 0 aromatic carbocycles. The van der Waals surface area contributed by atoms with Gasteiger partial charge in [-0.1, -0.05) is 11.2 Å². The Morgan fingerprint density at radius 2 is 2.16 bits per heavy atom. The van der Waals surface area contributed by atoms with Gasteiger partial charge in [-0.05, 0) is 11.4 Å². The molecule has 0 spiro atoms. The first-order valence-corrected chi connectivity index (χ1v) is 11.4. The molecule has 0 unspecified atom stereocenters. The number of nitrogens with one attached hydrogen (secondary N) is 3. The lowest BCUT2D eigenvalue weighted by atomic mass is 9.99. The molecule has 2 atom stereocenters. The van der Waals surface area contributed by atoms with Crippen LogP contribution in [0.2, 0.25) is 0 Å². The quantitative estimate of drug-likeness (QED) is 0.142. The molecule has 1 aliphatic heterocycles. The Kier molecular flexibility index (Phi) is 8.14. The van der Waals surface area contributed by atoms with E-state index in [9.17, 15) is 19.2 Å². The van der Waals surface area contributed by atoms with Crippen molar-refractivity contribution in [3.63, 3.8) is 0 Å². The molecular formula is C18H18ClN5O6S2. The van der Waals surface area contributed by atoms with E-state index in [-0.39, 0.29) is 35.4 Å². The second-order valence-corrected chi connectivity index (χ2v) is 8.51. The van der Waals surface area contributed by atoms with Gasteiger partial charge in [0.05, 0.1) is 12.5 Å².